The summed E-state index contributed by atoms with van der Waals surface area (Å²) in [6.45, 7) is 0.330. The Morgan fingerprint density at radius 2 is 1.75 bits per heavy atom. The minimum Gasteiger partial charge on any atom is -0.493 e. The van der Waals surface area contributed by atoms with Crippen molar-refractivity contribution in [3.05, 3.63) is 121 Å². The van der Waals surface area contributed by atoms with E-state index in [0.29, 0.717) is 45.9 Å². The average molecular weight is 659 g/mol. The summed E-state index contributed by atoms with van der Waals surface area (Å²) in [7, 11) is 1.58. The van der Waals surface area contributed by atoms with E-state index in [4.69, 9.17) is 18.9 Å². The van der Waals surface area contributed by atoms with E-state index in [1.54, 1.807) is 31.5 Å². The van der Waals surface area contributed by atoms with Crippen molar-refractivity contribution in [3.8, 4) is 23.1 Å². The molecule has 0 bridgehead atoms. The zero-order chi connectivity index (χ0) is 27.6. The largest absolute Gasteiger partial charge is 0.493 e. The fourth-order valence-electron chi connectivity index (χ4n) is 4.36. The molecule has 0 saturated carbocycles. The van der Waals surface area contributed by atoms with Gasteiger partial charge in [0.05, 0.1) is 24.2 Å². The summed E-state index contributed by atoms with van der Waals surface area (Å²) in [5.41, 5.74) is 2.51. The van der Waals surface area contributed by atoms with E-state index < -0.39 is 0 Å². The first-order valence-corrected chi connectivity index (χ1v) is 13.9. The molecule has 0 aliphatic rings. The number of rotatable bonds is 7. The van der Waals surface area contributed by atoms with Crippen LogP contribution in [0.25, 0.3) is 33.5 Å². The van der Waals surface area contributed by atoms with Gasteiger partial charge in [0.25, 0.3) is 5.56 Å². The Labute approximate surface area is 245 Å². The van der Waals surface area contributed by atoms with Gasteiger partial charge in [-0.2, -0.15) is 9.78 Å². The second kappa shape index (κ2) is 11.1. The number of hydrogen-bond acceptors (Lipinski definition) is 6. The van der Waals surface area contributed by atoms with Crippen LogP contribution >= 0.6 is 31.9 Å². The van der Waals surface area contributed by atoms with Gasteiger partial charge >= 0.3 is 0 Å². The van der Waals surface area contributed by atoms with Crippen molar-refractivity contribution in [2.24, 2.45) is 5.10 Å². The second-order valence-corrected chi connectivity index (χ2v) is 10.7. The van der Waals surface area contributed by atoms with Crippen LogP contribution in [-0.2, 0) is 6.61 Å². The van der Waals surface area contributed by atoms with Crippen LogP contribution in [-0.4, -0.2) is 23.0 Å². The molecular formula is C31H21Br2N3O4. The topological polar surface area (TPSA) is 78.9 Å². The van der Waals surface area contributed by atoms with Crippen molar-refractivity contribution in [2.75, 3.05) is 7.11 Å². The predicted molar refractivity (Wildman–Crippen MR) is 163 cm³/mol. The molecule has 0 radical (unpaired) electrons. The lowest BCUT2D eigenvalue weighted by molar-refractivity contribution is 0.284. The van der Waals surface area contributed by atoms with Gasteiger partial charge in [-0.1, -0.05) is 74.3 Å². The van der Waals surface area contributed by atoms with Crippen molar-refractivity contribution < 1.29 is 13.9 Å². The lowest BCUT2D eigenvalue weighted by atomic mass is 10.2. The molecule has 6 rings (SSSR count). The van der Waals surface area contributed by atoms with E-state index in [1.807, 2.05) is 72.8 Å². The number of aromatic nitrogens is 2. The van der Waals surface area contributed by atoms with E-state index in [-0.39, 0.29) is 11.4 Å². The highest BCUT2D eigenvalue weighted by molar-refractivity contribution is 9.10. The van der Waals surface area contributed by atoms with Gasteiger partial charge < -0.3 is 13.9 Å². The second-order valence-electron chi connectivity index (χ2n) is 8.91. The van der Waals surface area contributed by atoms with Crippen LogP contribution in [0.3, 0.4) is 0 Å². The van der Waals surface area contributed by atoms with Gasteiger partial charge in [0.15, 0.2) is 17.3 Å². The summed E-state index contributed by atoms with van der Waals surface area (Å²) in [5.74, 6) is 1.72. The Kier molecular flexibility index (Phi) is 7.23. The van der Waals surface area contributed by atoms with Crippen LogP contribution in [0.5, 0.6) is 11.5 Å². The monoisotopic (exact) mass is 657 g/mol. The van der Waals surface area contributed by atoms with Gasteiger partial charge in [0.2, 0.25) is 5.82 Å². The van der Waals surface area contributed by atoms with E-state index in [1.165, 1.54) is 4.68 Å². The zero-order valence-corrected chi connectivity index (χ0v) is 24.3. The molecule has 0 spiro atoms. The first kappa shape index (κ1) is 26.0. The number of para-hydroxylation sites is 1. The molecule has 0 fully saturated rings. The minimum absolute atomic E-state index is 0.279. The Morgan fingerprint density at radius 3 is 2.58 bits per heavy atom. The van der Waals surface area contributed by atoms with E-state index in [0.717, 1.165) is 19.9 Å². The number of ether oxygens (including phenoxy) is 2. The lowest BCUT2D eigenvalue weighted by Crippen LogP contribution is -2.20. The van der Waals surface area contributed by atoms with E-state index in [2.05, 4.69) is 37.0 Å². The zero-order valence-electron chi connectivity index (χ0n) is 21.2. The van der Waals surface area contributed by atoms with Crippen molar-refractivity contribution >= 4 is 59.9 Å². The molecule has 0 aliphatic carbocycles. The summed E-state index contributed by atoms with van der Waals surface area (Å²) in [6.07, 6.45) is 1.56. The number of furan rings is 1. The quantitative estimate of drug-likeness (QED) is 0.164. The number of fused-ring (bicyclic) bond motifs is 2. The fraction of sp³-hybridized carbons (Fsp3) is 0.0645. The van der Waals surface area contributed by atoms with Crippen LogP contribution < -0.4 is 15.0 Å². The third-order valence-electron chi connectivity index (χ3n) is 6.26. The van der Waals surface area contributed by atoms with Crippen molar-refractivity contribution in [1.82, 2.24) is 9.66 Å². The molecule has 0 N–H and O–H groups in total. The number of hydrogen-bond donors (Lipinski definition) is 0. The molecule has 198 valence electrons. The Morgan fingerprint density at radius 1 is 0.950 bits per heavy atom. The molecule has 0 amide bonds. The van der Waals surface area contributed by atoms with Crippen LogP contribution in [0.15, 0.2) is 114 Å². The van der Waals surface area contributed by atoms with Gasteiger partial charge in [0.1, 0.15) is 12.2 Å². The number of halogens is 2. The molecule has 0 saturated heterocycles. The number of methoxy groups -OCH3 is 1. The molecule has 2 heterocycles. The lowest BCUT2D eigenvalue weighted by Gasteiger charge is -2.14. The maximum Gasteiger partial charge on any atom is 0.282 e. The molecule has 9 heteroatoms. The normalized spacial score (nSPS) is 11.5. The summed E-state index contributed by atoms with van der Waals surface area (Å²) in [4.78, 5) is 18.5. The van der Waals surface area contributed by atoms with Crippen LogP contribution in [0.1, 0.15) is 11.1 Å². The Hall–Kier alpha value is -4.21. The predicted octanol–water partition coefficient (Wildman–Crippen LogP) is 7.80. The van der Waals surface area contributed by atoms with Gasteiger partial charge in [-0.15, -0.1) is 0 Å². The number of nitrogens with zero attached hydrogens (tertiary/aromatic N) is 3. The van der Waals surface area contributed by atoms with Crippen LogP contribution in [0.4, 0.5) is 0 Å². The molecule has 0 unspecified atom stereocenters. The molecule has 6 aromatic rings. The standard InChI is InChI=1S/C31H21Br2N3O4/c1-38-27-16-23(33)14-21(29(27)39-18-19-7-3-2-4-8-19)17-34-36-30(35-25-10-6-5-9-24(25)31(36)37)28-15-20-13-22(32)11-12-26(20)40-28/h2-17H,18H2,1H3. The smallest absolute Gasteiger partial charge is 0.282 e. The molecule has 0 aliphatic heterocycles. The summed E-state index contributed by atoms with van der Waals surface area (Å²) < 4.78 is 20.8. The first-order chi connectivity index (χ1) is 19.5. The van der Waals surface area contributed by atoms with Gasteiger partial charge in [-0.3, -0.25) is 4.79 Å². The van der Waals surface area contributed by atoms with Crippen molar-refractivity contribution in [3.63, 3.8) is 0 Å². The van der Waals surface area contributed by atoms with Crippen molar-refractivity contribution in [1.29, 1.82) is 0 Å². The number of benzene rings is 4. The average Bonchev–Trinajstić information content (AvgIpc) is 3.39. The highest BCUT2D eigenvalue weighted by Crippen LogP contribution is 2.35. The highest BCUT2D eigenvalue weighted by Gasteiger charge is 2.18. The fourth-order valence-corrected chi connectivity index (χ4v) is 5.19. The Balaban J connectivity index is 1.49. The van der Waals surface area contributed by atoms with Crippen molar-refractivity contribution in [2.45, 2.75) is 6.61 Å². The summed E-state index contributed by atoms with van der Waals surface area (Å²) in [5, 5.41) is 5.92. The van der Waals surface area contributed by atoms with Gasteiger partial charge in [0, 0.05) is 19.9 Å². The highest BCUT2D eigenvalue weighted by atomic mass is 79.9. The Bertz CT molecular complexity index is 1950. The van der Waals surface area contributed by atoms with E-state index in [9.17, 15) is 4.79 Å². The maximum atomic E-state index is 13.7. The molecule has 2 aromatic heterocycles. The molecule has 40 heavy (non-hydrogen) atoms. The molecule has 0 atom stereocenters. The molecule has 4 aromatic carbocycles. The minimum atomic E-state index is -0.327. The first-order valence-electron chi connectivity index (χ1n) is 12.3. The van der Waals surface area contributed by atoms with Crippen LogP contribution in [0, 0.1) is 0 Å². The molecular weight excluding hydrogens is 638 g/mol. The van der Waals surface area contributed by atoms with Gasteiger partial charge in [-0.25, -0.2) is 4.98 Å². The maximum absolute atomic E-state index is 13.7. The van der Waals surface area contributed by atoms with E-state index >= 15 is 0 Å². The molecule has 7 nitrogen and oxygen atoms in total. The third kappa shape index (κ3) is 5.17. The summed E-state index contributed by atoms with van der Waals surface area (Å²) in [6, 6.07) is 28.2. The van der Waals surface area contributed by atoms with Gasteiger partial charge in [-0.05, 0) is 54.1 Å². The summed E-state index contributed by atoms with van der Waals surface area (Å²) >= 11 is 7.03. The van der Waals surface area contributed by atoms with Crippen LogP contribution in [0.2, 0.25) is 0 Å². The SMILES string of the molecule is COc1cc(Br)cc(C=Nn2c(-c3cc4cc(Br)ccc4o3)nc3ccccc3c2=O)c1OCc1ccccc1. The third-order valence-corrected chi connectivity index (χ3v) is 7.21.